The van der Waals surface area contributed by atoms with Crippen LogP contribution >= 0.6 is 0 Å². The molecule has 1 fully saturated rings. The quantitative estimate of drug-likeness (QED) is 0.645. The van der Waals surface area contributed by atoms with Gasteiger partial charge in [0.1, 0.15) is 6.10 Å². The molecule has 0 radical (unpaired) electrons. The van der Waals surface area contributed by atoms with Crippen molar-refractivity contribution in [3.05, 3.63) is 54.2 Å². The van der Waals surface area contributed by atoms with Gasteiger partial charge in [-0.1, -0.05) is 30.3 Å². The molecular weight excluding hydrogens is 383 g/mol. The summed E-state index contributed by atoms with van der Waals surface area (Å²) in [4.78, 5) is 11.0. The third-order valence-corrected chi connectivity index (χ3v) is 5.32. The van der Waals surface area contributed by atoms with Gasteiger partial charge in [0.25, 0.3) is 0 Å². The molecule has 0 bridgehead atoms. The van der Waals surface area contributed by atoms with Gasteiger partial charge in [-0.15, -0.1) is 0 Å². The summed E-state index contributed by atoms with van der Waals surface area (Å²) in [6.07, 6.45) is -0.435. The van der Waals surface area contributed by atoms with Crippen molar-refractivity contribution < 1.29 is 22.7 Å². The summed E-state index contributed by atoms with van der Waals surface area (Å²) in [5, 5.41) is 5.44. The molecule has 3 aromatic rings. The van der Waals surface area contributed by atoms with E-state index in [0.29, 0.717) is 17.5 Å². The molecule has 1 heterocycles. The van der Waals surface area contributed by atoms with E-state index in [-0.39, 0.29) is 17.7 Å². The summed E-state index contributed by atoms with van der Waals surface area (Å²) in [5.41, 5.74) is 5.67. The number of aromatic nitrogens is 2. The number of alkyl halides is 3. The van der Waals surface area contributed by atoms with Gasteiger partial charge in [0, 0.05) is 18.0 Å². The number of amides is 1. The van der Waals surface area contributed by atoms with Gasteiger partial charge in [0.05, 0.1) is 17.1 Å². The molecule has 2 aromatic carbocycles. The Morgan fingerprint density at radius 2 is 1.97 bits per heavy atom. The molecule has 1 saturated carbocycles. The third kappa shape index (κ3) is 4.06. The molecule has 2 atom stereocenters. The van der Waals surface area contributed by atoms with E-state index in [1.807, 2.05) is 10.9 Å². The predicted molar refractivity (Wildman–Crippen MR) is 102 cm³/mol. The summed E-state index contributed by atoms with van der Waals surface area (Å²) in [7, 11) is 0. The Kier molecular flexibility index (Phi) is 4.94. The number of carbonyl (C=O) groups is 1. The molecule has 1 aromatic heterocycles. The summed E-state index contributed by atoms with van der Waals surface area (Å²) >= 11 is 0. The van der Waals surface area contributed by atoms with Crippen molar-refractivity contribution in [1.82, 2.24) is 9.78 Å². The number of hydrogen-bond acceptors (Lipinski definition) is 3. The Morgan fingerprint density at radius 3 is 2.72 bits per heavy atom. The molecule has 2 N–H and O–H groups in total. The van der Waals surface area contributed by atoms with Crippen molar-refractivity contribution in [3.63, 3.8) is 0 Å². The lowest BCUT2D eigenvalue weighted by atomic mass is 9.93. The van der Waals surface area contributed by atoms with Gasteiger partial charge >= 0.3 is 12.3 Å². The topological polar surface area (TPSA) is 70.1 Å². The number of nitrogens with two attached hydrogens (primary N) is 1. The van der Waals surface area contributed by atoms with E-state index in [2.05, 4.69) is 5.10 Å². The van der Waals surface area contributed by atoms with E-state index in [1.165, 1.54) is 12.1 Å². The number of primary amides is 1. The first-order valence-electron chi connectivity index (χ1n) is 9.43. The Balaban J connectivity index is 1.65. The van der Waals surface area contributed by atoms with Crippen LogP contribution in [0, 0.1) is 0 Å². The lowest BCUT2D eigenvalue weighted by molar-refractivity contribution is -0.137. The first-order valence-corrected chi connectivity index (χ1v) is 9.43. The van der Waals surface area contributed by atoms with Crippen LogP contribution in [-0.2, 0) is 10.9 Å². The molecule has 0 spiro atoms. The fourth-order valence-corrected chi connectivity index (χ4v) is 4.00. The van der Waals surface area contributed by atoms with Gasteiger partial charge in [0.15, 0.2) is 0 Å². The highest BCUT2D eigenvalue weighted by Gasteiger charge is 2.33. The number of hydrogen-bond donors (Lipinski definition) is 1. The van der Waals surface area contributed by atoms with Gasteiger partial charge in [0.2, 0.25) is 0 Å². The number of benzene rings is 2. The molecule has 0 aliphatic heterocycles. The van der Waals surface area contributed by atoms with Crippen LogP contribution in [0.15, 0.2) is 48.7 Å². The minimum absolute atomic E-state index is 0.0476. The second kappa shape index (κ2) is 7.42. The van der Waals surface area contributed by atoms with Crippen LogP contribution < -0.4 is 5.73 Å². The molecule has 5 nitrogen and oxygen atoms in total. The zero-order valence-corrected chi connectivity index (χ0v) is 15.5. The summed E-state index contributed by atoms with van der Waals surface area (Å²) < 4.78 is 47.0. The highest BCUT2D eigenvalue weighted by molar-refractivity contribution is 5.84. The minimum atomic E-state index is -4.43. The van der Waals surface area contributed by atoms with Crippen LogP contribution in [0.25, 0.3) is 22.0 Å². The maximum atomic E-state index is 13.4. The fraction of sp³-hybridized carbons (Fsp3) is 0.333. The lowest BCUT2D eigenvalue weighted by Crippen LogP contribution is -2.29. The van der Waals surface area contributed by atoms with Crippen LogP contribution in [0.5, 0.6) is 0 Å². The zero-order chi connectivity index (χ0) is 20.6. The summed E-state index contributed by atoms with van der Waals surface area (Å²) in [6.45, 7) is 0. The normalized spacial score (nSPS) is 20.0. The first-order chi connectivity index (χ1) is 13.8. The number of carbonyl (C=O) groups excluding carboxylic acids is 1. The highest BCUT2D eigenvalue weighted by Crippen LogP contribution is 2.38. The fourth-order valence-electron chi connectivity index (χ4n) is 4.00. The van der Waals surface area contributed by atoms with Crippen molar-refractivity contribution in [2.75, 3.05) is 0 Å². The Labute approximate surface area is 165 Å². The number of nitrogens with zero attached hydrogens (tertiary/aromatic N) is 2. The van der Waals surface area contributed by atoms with Gasteiger partial charge in [-0.3, -0.25) is 4.68 Å². The van der Waals surface area contributed by atoms with Crippen molar-refractivity contribution in [2.45, 2.75) is 44.0 Å². The maximum absolute atomic E-state index is 13.4. The van der Waals surface area contributed by atoms with Crippen LogP contribution in [-0.4, -0.2) is 22.0 Å². The van der Waals surface area contributed by atoms with Crippen LogP contribution in [0.1, 0.15) is 37.3 Å². The molecule has 4 rings (SSSR count). The molecular formula is C21H20F3N3O2. The molecule has 0 saturated heterocycles. The zero-order valence-electron chi connectivity index (χ0n) is 15.5. The van der Waals surface area contributed by atoms with Gasteiger partial charge in [-0.05, 0) is 42.5 Å². The van der Waals surface area contributed by atoms with E-state index in [0.717, 1.165) is 30.7 Å². The smallest absolute Gasteiger partial charge is 0.417 e. The summed E-state index contributed by atoms with van der Waals surface area (Å²) in [6, 6.07) is 10.7. The van der Waals surface area contributed by atoms with Crippen molar-refractivity contribution in [2.24, 2.45) is 5.73 Å². The molecule has 1 amide bonds. The Bertz CT molecular complexity index is 1050. The van der Waals surface area contributed by atoms with Crippen molar-refractivity contribution >= 4 is 17.0 Å². The third-order valence-electron chi connectivity index (χ3n) is 5.32. The van der Waals surface area contributed by atoms with E-state index >= 15 is 0 Å². The molecule has 152 valence electrons. The van der Waals surface area contributed by atoms with E-state index in [4.69, 9.17) is 10.5 Å². The molecule has 29 heavy (non-hydrogen) atoms. The number of halogens is 3. The Hall–Kier alpha value is -3.03. The lowest BCUT2D eigenvalue weighted by Gasteiger charge is -2.28. The molecule has 1 aliphatic carbocycles. The van der Waals surface area contributed by atoms with E-state index < -0.39 is 17.8 Å². The summed E-state index contributed by atoms with van der Waals surface area (Å²) in [5.74, 6) is 0. The largest absolute Gasteiger partial charge is 0.446 e. The van der Waals surface area contributed by atoms with Crippen molar-refractivity contribution in [3.8, 4) is 11.1 Å². The van der Waals surface area contributed by atoms with E-state index in [1.54, 1.807) is 24.3 Å². The second-order valence-electron chi connectivity index (χ2n) is 7.31. The van der Waals surface area contributed by atoms with Crippen LogP contribution in [0.3, 0.4) is 0 Å². The molecule has 1 aliphatic rings. The number of fused-ring (bicyclic) bond motifs is 1. The average molecular weight is 403 g/mol. The van der Waals surface area contributed by atoms with Gasteiger partial charge in [-0.25, -0.2) is 4.79 Å². The predicted octanol–water partition coefficient (Wildman–Crippen LogP) is 5.30. The monoisotopic (exact) mass is 403 g/mol. The molecule has 8 heteroatoms. The minimum Gasteiger partial charge on any atom is -0.446 e. The van der Waals surface area contributed by atoms with Crippen molar-refractivity contribution in [1.29, 1.82) is 0 Å². The van der Waals surface area contributed by atoms with Crippen LogP contribution in [0.2, 0.25) is 0 Å². The van der Waals surface area contributed by atoms with E-state index in [9.17, 15) is 18.0 Å². The van der Waals surface area contributed by atoms with Crippen LogP contribution in [0.4, 0.5) is 18.0 Å². The van der Waals surface area contributed by atoms with Gasteiger partial charge in [-0.2, -0.15) is 18.3 Å². The standard InChI is InChI=1S/C21H20F3N3O2/c22-21(23,24)18-7-2-1-6-17(18)13-8-9-14-12-27(26-19(14)10-13)15-4-3-5-16(11-15)29-20(25)28/h1-2,6-10,12,15-16H,3-5,11H2,(H2,25,28). The average Bonchev–Trinajstić information content (AvgIpc) is 3.10. The first kappa shape index (κ1) is 19.3. The molecule has 2 unspecified atom stereocenters. The van der Waals surface area contributed by atoms with Gasteiger partial charge < -0.3 is 10.5 Å². The number of rotatable bonds is 3. The Morgan fingerprint density at radius 1 is 1.17 bits per heavy atom. The highest BCUT2D eigenvalue weighted by atomic mass is 19.4. The number of ether oxygens (including phenoxy) is 1. The SMILES string of the molecule is NC(=O)OC1CCCC(n2cc3ccc(-c4ccccc4C(F)(F)F)cc3n2)C1. The second-order valence-corrected chi connectivity index (χ2v) is 7.31. The maximum Gasteiger partial charge on any atom is 0.417 e.